The van der Waals surface area contributed by atoms with E-state index in [1.807, 2.05) is 47.7 Å². The average molecular weight is 461 g/mol. The first-order valence-corrected chi connectivity index (χ1v) is 13.3. The lowest BCUT2D eigenvalue weighted by Crippen LogP contribution is -2.26. The van der Waals surface area contributed by atoms with Gasteiger partial charge in [0.15, 0.2) is 0 Å². The summed E-state index contributed by atoms with van der Waals surface area (Å²) in [6.45, 7) is 0. The van der Waals surface area contributed by atoms with Gasteiger partial charge in [0.05, 0.1) is 15.2 Å². The summed E-state index contributed by atoms with van der Waals surface area (Å²) in [6.07, 6.45) is 0. The molecule has 1 atom stereocenters. The lowest BCUT2D eigenvalue weighted by Gasteiger charge is -2.32. The molecule has 0 unspecified atom stereocenters. The predicted octanol–water partition coefficient (Wildman–Crippen LogP) is 6.89. The maximum atomic E-state index is 13.9. The highest BCUT2D eigenvalue weighted by atomic mass is 32.2. The summed E-state index contributed by atoms with van der Waals surface area (Å²) in [4.78, 5) is 2.16. The van der Waals surface area contributed by atoms with E-state index in [-0.39, 0.29) is 0 Å². The van der Waals surface area contributed by atoms with Crippen molar-refractivity contribution in [2.45, 2.75) is 10.3 Å². The molecule has 0 radical (unpaired) electrons. The molecular weight excluding hydrogens is 444 g/mol. The third kappa shape index (κ3) is 1.84. The molecule has 2 aliphatic carbocycles. The molecule has 3 aliphatic rings. The molecule has 0 amide bonds. The van der Waals surface area contributed by atoms with Crippen molar-refractivity contribution in [2.75, 3.05) is 0 Å². The summed E-state index contributed by atoms with van der Waals surface area (Å²) >= 11 is 1.81. The van der Waals surface area contributed by atoms with Crippen molar-refractivity contribution in [2.24, 2.45) is 0 Å². The fourth-order valence-electron chi connectivity index (χ4n) is 6.36. The van der Waals surface area contributed by atoms with Crippen LogP contribution >= 0.6 is 11.3 Å². The molecule has 2 heterocycles. The van der Waals surface area contributed by atoms with Crippen LogP contribution in [0.15, 0.2) is 102 Å². The molecule has 0 N–H and O–H groups in total. The fraction of sp³-hybridized carbons (Fsp3) is 0.0345. The number of allylic oxidation sites excluding steroid dienone is 1. The summed E-state index contributed by atoms with van der Waals surface area (Å²) in [5.74, 6) is 0. The van der Waals surface area contributed by atoms with E-state index in [1.165, 1.54) is 31.7 Å². The Kier molecular flexibility index (Phi) is 3.12. The molecular formula is C29H16O2S2. The zero-order valence-electron chi connectivity index (χ0n) is 17.4. The van der Waals surface area contributed by atoms with Crippen molar-refractivity contribution in [1.29, 1.82) is 0 Å². The van der Waals surface area contributed by atoms with E-state index in [9.17, 15) is 8.42 Å². The predicted molar refractivity (Wildman–Crippen MR) is 134 cm³/mol. The average Bonchev–Trinajstić information content (AvgIpc) is 3.52. The highest BCUT2D eigenvalue weighted by Crippen LogP contribution is 2.70. The van der Waals surface area contributed by atoms with Crippen LogP contribution in [0.25, 0.3) is 31.0 Å². The molecule has 1 aliphatic heterocycles. The molecule has 0 fully saturated rings. The number of hydrogen-bond donors (Lipinski definition) is 0. The first kappa shape index (κ1) is 18.0. The number of thiophene rings is 1. The first-order chi connectivity index (χ1) is 16.1. The van der Waals surface area contributed by atoms with Crippen LogP contribution in [-0.4, -0.2) is 8.42 Å². The van der Waals surface area contributed by atoms with Gasteiger partial charge in [0.2, 0.25) is 9.84 Å². The van der Waals surface area contributed by atoms with Crippen molar-refractivity contribution >= 4 is 41.7 Å². The van der Waals surface area contributed by atoms with Gasteiger partial charge in [-0.15, -0.1) is 11.3 Å². The molecule has 156 valence electrons. The van der Waals surface area contributed by atoms with Crippen LogP contribution < -0.4 is 0 Å². The van der Waals surface area contributed by atoms with Crippen molar-refractivity contribution in [1.82, 2.24) is 0 Å². The second-order valence-corrected chi connectivity index (χ2v) is 11.8. The molecule has 0 bridgehead atoms. The van der Waals surface area contributed by atoms with E-state index >= 15 is 0 Å². The Balaban J connectivity index is 1.68. The van der Waals surface area contributed by atoms with Gasteiger partial charge in [0.25, 0.3) is 0 Å². The number of fused-ring (bicyclic) bond motifs is 13. The maximum absolute atomic E-state index is 13.9. The quantitative estimate of drug-likeness (QED) is 0.252. The van der Waals surface area contributed by atoms with E-state index in [4.69, 9.17) is 0 Å². The van der Waals surface area contributed by atoms with Gasteiger partial charge in [-0.25, -0.2) is 8.42 Å². The smallest absolute Gasteiger partial charge is 0.208 e. The lowest BCUT2D eigenvalue weighted by atomic mass is 9.67. The minimum Gasteiger partial charge on any atom is -0.218 e. The van der Waals surface area contributed by atoms with Gasteiger partial charge < -0.3 is 0 Å². The van der Waals surface area contributed by atoms with Gasteiger partial charge in [-0.05, 0) is 56.5 Å². The molecule has 5 aromatic rings. The van der Waals surface area contributed by atoms with E-state index < -0.39 is 15.3 Å². The normalized spacial score (nSPS) is 20.6. The molecule has 0 saturated heterocycles. The Labute approximate surface area is 195 Å². The second-order valence-electron chi connectivity index (χ2n) is 8.85. The van der Waals surface area contributed by atoms with Crippen LogP contribution in [0.1, 0.15) is 27.8 Å². The Morgan fingerprint density at radius 3 is 2.06 bits per heavy atom. The van der Waals surface area contributed by atoms with Gasteiger partial charge in [0, 0.05) is 9.58 Å². The van der Waals surface area contributed by atoms with Crippen molar-refractivity contribution < 1.29 is 8.42 Å². The van der Waals surface area contributed by atoms with E-state index in [1.54, 1.807) is 6.07 Å². The Bertz CT molecular complexity index is 1840. The first-order valence-electron chi connectivity index (χ1n) is 11.0. The molecule has 1 aromatic heterocycles. The third-order valence-electron chi connectivity index (χ3n) is 7.44. The number of hydrogen-bond acceptors (Lipinski definition) is 3. The van der Waals surface area contributed by atoms with E-state index in [0.29, 0.717) is 9.80 Å². The Morgan fingerprint density at radius 1 is 0.636 bits per heavy atom. The van der Waals surface area contributed by atoms with Crippen molar-refractivity contribution in [3.8, 4) is 10.4 Å². The standard InChI is InChI=1S/C29H16O2S2/c30-33(31)24-16-8-4-12-20(24)26-28(33)18-10-2-6-14-22(18)29(26)21-13-5-1-9-17(21)27-25(29)19-11-3-7-15-23(19)32-27/h1-16H/t29-/m0/s1. The van der Waals surface area contributed by atoms with Crippen molar-refractivity contribution in [3.63, 3.8) is 0 Å². The summed E-state index contributed by atoms with van der Waals surface area (Å²) in [7, 11) is -3.62. The van der Waals surface area contributed by atoms with Crippen LogP contribution in [0, 0.1) is 0 Å². The summed E-state index contributed by atoms with van der Waals surface area (Å²) in [6, 6.07) is 32.7. The largest absolute Gasteiger partial charge is 0.218 e. The maximum Gasteiger partial charge on any atom is 0.208 e. The molecule has 4 aromatic carbocycles. The van der Waals surface area contributed by atoms with Crippen LogP contribution in [0.5, 0.6) is 0 Å². The molecule has 8 rings (SSSR count). The number of benzene rings is 4. The number of sulfone groups is 1. The summed E-state index contributed by atoms with van der Waals surface area (Å²) in [5.41, 5.74) is 6.64. The lowest BCUT2D eigenvalue weighted by molar-refractivity contribution is 0.606. The second kappa shape index (κ2) is 5.71. The van der Waals surface area contributed by atoms with Gasteiger partial charge in [-0.2, -0.15) is 0 Å². The molecule has 1 spiro atoms. The minimum absolute atomic E-state index is 0.425. The van der Waals surface area contributed by atoms with Crippen LogP contribution in [0.4, 0.5) is 0 Å². The van der Waals surface area contributed by atoms with E-state index in [0.717, 1.165) is 22.3 Å². The summed E-state index contributed by atoms with van der Waals surface area (Å²) < 4.78 is 29.1. The molecule has 4 heteroatoms. The van der Waals surface area contributed by atoms with Crippen molar-refractivity contribution in [3.05, 3.63) is 125 Å². The topological polar surface area (TPSA) is 34.1 Å². The third-order valence-corrected chi connectivity index (χ3v) is 10.5. The zero-order valence-corrected chi connectivity index (χ0v) is 19.0. The minimum atomic E-state index is -3.62. The highest BCUT2D eigenvalue weighted by molar-refractivity contribution is 8.01. The highest BCUT2D eigenvalue weighted by Gasteiger charge is 2.59. The fourth-order valence-corrected chi connectivity index (χ4v) is 9.59. The van der Waals surface area contributed by atoms with Gasteiger partial charge >= 0.3 is 0 Å². The Hall–Kier alpha value is -3.47. The molecule has 2 nitrogen and oxygen atoms in total. The van der Waals surface area contributed by atoms with Crippen LogP contribution in [-0.2, 0) is 15.3 Å². The molecule has 33 heavy (non-hydrogen) atoms. The monoisotopic (exact) mass is 460 g/mol. The SMILES string of the molecule is O=S1(=O)C2=C(c3ccccc31)[C@]1(c3ccccc32)c2ccccc2-c2sc3ccccc3c21. The summed E-state index contributed by atoms with van der Waals surface area (Å²) in [5, 5.41) is 1.21. The van der Waals surface area contributed by atoms with Gasteiger partial charge in [-0.1, -0.05) is 84.9 Å². The van der Waals surface area contributed by atoms with Crippen LogP contribution in [0.2, 0.25) is 0 Å². The van der Waals surface area contributed by atoms with Gasteiger partial charge in [-0.3, -0.25) is 0 Å². The number of rotatable bonds is 0. The molecule has 0 saturated carbocycles. The Morgan fingerprint density at radius 2 is 1.24 bits per heavy atom. The van der Waals surface area contributed by atoms with Gasteiger partial charge in [0.1, 0.15) is 0 Å². The van der Waals surface area contributed by atoms with E-state index in [2.05, 4.69) is 54.6 Å². The van der Waals surface area contributed by atoms with Crippen LogP contribution in [0.3, 0.4) is 0 Å². The zero-order chi connectivity index (χ0) is 21.9.